The maximum Gasteiger partial charge on any atom is 0.117 e. The third-order valence-corrected chi connectivity index (χ3v) is 1.39. The second kappa shape index (κ2) is 2.13. The highest BCUT2D eigenvalue weighted by atomic mass is 16.3. The Morgan fingerprint density at radius 1 is 1.44 bits per heavy atom. The lowest BCUT2D eigenvalue weighted by Gasteiger charge is -2.08. The molecule has 0 saturated heterocycles. The van der Waals surface area contributed by atoms with Crippen molar-refractivity contribution in [3.05, 3.63) is 29.6 Å². The molecule has 0 aliphatic heterocycles. The molecule has 2 nitrogen and oxygen atoms in total. The van der Waals surface area contributed by atoms with E-state index in [1.54, 1.807) is 19.4 Å². The van der Waals surface area contributed by atoms with Crippen LogP contribution in [0.25, 0.3) is 0 Å². The van der Waals surface area contributed by atoms with E-state index in [4.69, 9.17) is 10.2 Å². The average Bonchev–Trinajstić information content (AvgIpc) is 1.83. The molecule has 0 aromatic carbocycles. The first-order chi connectivity index (χ1) is 4.22. The van der Waals surface area contributed by atoms with Gasteiger partial charge < -0.3 is 10.2 Å². The van der Waals surface area contributed by atoms with Gasteiger partial charge in [0.1, 0.15) is 11.5 Å². The molecule has 1 radical (unpaired) electrons. The van der Waals surface area contributed by atoms with E-state index in [2.05, 4.69) is 0 Å². The largest absolute Gasteiger partial charge is 0.512 e. The van der Waals surface area contributed by atoms with Gasteiger partial charge in [0.15, 0.2) is 0 Å². The van der Waals surface area contributed by atoms with E-state index in [1.807, 2.05) is 0 Å². The quantitative estimate of drug-likeness (QED) is 0.518. The Kier molecular flexibility index (Phi) is 1.47. The van der Waals surface area contributed by atoms with Crippen molar-refractivity contribution >= 4 is 0 Å². The summed E-state index contributed by atoms with van der Waals surface area (Å²) in [6, 6.07) is 0. The second-order valence-corrected chi connectivity index (χ2v) is 2.04. The summed E-state index contributed by atoms with van der Waals surface area (Å²) in [4.78, 5) is 0. The predicted octanol–water partition coefficient (Wildman–Crippen LogP) is 1.87. The van der Waals surface area contributed by atoms with Gasteiger partial charge in [-0.3, -0.25) is 0 Å². The molecule has 1 aliphatic rings. The lowest BCUT2D eigenvalue weighted by molar-refractivity contribution is 0.375. The van der Waals surface area contributed by atoms with Crippen LogP contribution in [0.4, 0.5) is 0 Å². The third-order valence-electron chi connectivity index (χ3n) is 1.39. The molecule has 0 bridgehead atoms. The summed E-state index contributed by atoms with van der Waals surface area (Å²) >= 11 is 0. The Morgan fingerprint density at radius 3 is 2.56 bits per heavy atom. The fourth-order valence-electron chi connectivity index (χ4n) is 0.720. The standard InChI is InChI=1S/C7H9O2/c1-5-6(8)3-2-4-7(5)9/h3-4,8-9H,2H2,1H3. The molecule has 0 aromatic rings. The van der Waals surface area contributed by atoms with E-state index in [-0.39, 0.29) is 11.5 Å². The van der Waals surface area contributed by atoms with Crippen LogP contribution in [0, 0.1) is 6.42 Å². The van der Waals surface area contributed by atoms with Crippen LogP contribution in [0.3, 0.4) is 0 Å². The fourth-order valence-corrected chi connectivity index (χ4v) is 0.720. The van der Waals surface area contributed by atoms with Gasteiger partial charge in [-0.05, 0) is 19.4 Å². The minimum atomic E-state index is 0.190. The molecule has 2 N–H and O–H groups in total. The zero-order chi connectivity index (χ0) is 6.85. The van der Waals surface area contributed by atoms with Crippen LogP contribution in [0.15, 0.2) is 23.2 Å². The minimum absolute atomic E-state index is 0.190. The highest BCUT2D eigenvalue weighted by molar-refractivity contribution is 5.33. The average molecular weight is 125 g/mol. The first-order valence-electron chi connectivity index (χ1n) is 2.84. The molecular weight excluding hydrogens is 116 g/mol. The highest BCUT2D eigenvalue weighted by Crippen LogP contribution is 2.19. The Hall–Kier alpha value is -0.920. The molecule has 1 rings (SSSR count). The number of rotatable bonds is 0. The Labute approximate surface area is 54.1 Å². The second-order valence-electron chi connectivity index (χ2n) is 2.04. The minimum Gasteiger partial charge on any atom is -0.512 e. The van der Waals surface area contributed by atoms with Gasteiger partial charge in [-0.2, -0.15) is 0 Å². The van der Waals surface area contributed by atoms with Crippen LogP contribution in [-0.4, -0.2) is 10.2 Å². The molecule has 0 heterocycles. The number of hydrogen-bond acceptors (Lipinski definition) is 2. The van der Waals surface area contributed by atoms with Crippen LogP contribution in [0.2, 0.25) is 0 Å². The summed E-state index contributed by atoms with van der Waals surface area (Å²) in [7, 11) is 0. The zero-order valence-corrected chi connectivity index (χ0v) is 5.26. The van der Waals surface area contributed by atoms with Gasteiger partial charge in [0.25, 0.3) is 0 Å². The van der Waals surface area contributed by atoms with Crippen molar-refractivity contribution in [1.82, 2.24) is 0 Å². The Balaban J connectivity index is 2.88. The van der Waals surface area contributed by atoms with Crippen LogP contribution in [0.1, 0.15) is 13.3 Å². The molecule has 0 unspecified atom stereocenters. The van der Waals surface area contributed by atoms with Gasteiger partial charge >= 0.3 is 0 Å². The maximum absolute atomic E-state index is 8.97. The summed E-state index contributed by atoms with van der Waals surface area (Å²) in [6.07, 6.45) is 3.94. The van der Waals surface area contributed by atoms with Gasteiger partial charge in [-0.25, -0.2) is 0 Å². The predicted molar refractivity (Wildman–Crippen MR) is 35.0 cm³/mol. The molecule has 0 amide bonds. The summed E-state index contributed by atoms with van der Waals surface area (Å²) in [5.74, 6) is 0.380. The summed E-state index contributed by atoms with van der Waals surface area (Å²) in [5, 5.41) is 17.9. The summed E-state index contributed by atoms with van der Waals surface area (Å²) < 4.78 is 0. The van der Waals surface area contributed by atoms with Gasteiger partial charge in [-0.1, -0.05) is 0 Å². The van der Waals surface area contributed by atoms with Crippen molar-refractivity contribution in [3.8, 4) is 0 Å². The molecule has 0 aromatic heterocycles. The van der Waals surface area contributed by atoms with Crippen molar-refractivity contribution in [2.24, 2.45) is 0 Å². The summed E-state index contributed by atoms with van der Waals surface area (Å²) in [5.41, 5.74) is 0.557. The van der Waals surface area contributed by atoms with E-state index in [9.17, 15) is 0 Å². The normalized spacial score (nSPS) is 19.9. The van der Waals surface area contributed by atoms with Crippen LogP contribution < -0.4 is 0 Å². The van der Waals surface area contributed by atoms with E-state index in [1.165, 1.54) is 0 Å². The molecule has 0 saturated carbocycles. The Morgan fingerprint density at radius 2 is 2.11 bits per heavy atom. The molecule has 9 heavy (non-hydrogen) atoms. The molecular formula is C7H9O2. The van der Waals surface area contributed by atoms with Gasteiger partial charge in [0, 0.05) is 12.0 Å². The lowest BCUT2D eigenvalue weighted by atomic mass is 10.1. The van der Waals surface area contributed by atoms with Gasteiger partial charge in [-0.15, -0.1) is 0 Å². The lowest BCUT2D eigenvalue weighted by Crippen LogP contribution is -1.97. The van der Waals surface area contributed by atoms with Crippen LogP contribution in [-0.2, 0) is 0 Å². The molecule has 0 fully saturated rings. The maximum atomic E-state index is 8.97. The number of allylic oxidation sites excluding steroid dienone is 3. The van der Waals surface area contributed by atoms with Crippen molar-refractivity contribution in [1.29, 1.82) is 0 Å². The van der Waals surface area contributed by atoms with Crippen LogP contribution in [0.5, 0.6) is 0 Å². The number of hydrogen-bond donors (Lipinski definition) is 2. The molecule has 0 spiro atoms. The highest BCUT2D eigenvalue weighted by Gasteiger charge is 2.08. The monoisotopic (exact) mass is 125 g/mol. The third kappa shape index (κ3) is 1.07. The van der Waals surface area contributed by atoms with Crippen LogP contribution >= 0.6 is 0 Å². The fraction of sp³-hybridized carbons (Fsp3) is 0.286. The SMILES string of the molecule is CC1=C(O)[CH]CC=C1O. The van der Waals surface area contributed by atoms with Gasteiger partial charge in [0.05, 0.1) is 0 Å². The van der Waals surface area contributed by atoms with Crippen molar-refractivity contribution < 1.29 is 10.2 Å². The van der Waals surface area contributed by atoms with Crippen molar-refractivity contribution in [2.45, 2.75) is 13.3 Å². The molecule has 49 valence electrons. The van der Waals surface area contributed by atoms with Crippen molar-refractivity contribution in [3.63, 3.8) is 0 Å². The zero-order valence-electron chi connectivity index (χ0n) is 5.26. The number of aliphatic hydroxyl groups excluding tert-OH is 2. The first kappa shape index (κ1) is 6.20. The van der Waals surface area contributed by atoms with E-state index < -0.39 is 0 Å². The molecule has 2 heteroatoms. The smallest absolute Gasteiger partial charge is 0.117 e. The molecule has 1 aliphatic carbocycles. The molecule has 0 atom stereocenters. The number of aliphatic hydroxyl groups is 2. The van der Waals surface area contributed by atoms with E-state index in [0.29, 0.717) is 12.0 Å². The topological polar surface area (TPSA) is 40.5 Å². The first-order valence-corrected chi connectivity index (χ1v) is 2.84. The Bertz CT molecular complexity index is 177. The van der Waals surface area contributed by atoms with E-state index in [0.717, 1.165) is 0 Å². The van der Waals surface area contributed by atoms with Crippen molar-refractivity contribution in [2.75, 3.05) is 0 Å². The van der Waals surface area contributed by atoms with Gasteiger partial charge in [0.2, 0.25) is 0 Å². The summed E-state index contributed by atoms with van der Waals surface area (Å²) in [6.45, 7) is 1.68. The van der Waals surface area contributed by atoms with E-state index >= 15 is 0 Å².